The van der Waals surface area contributed by atoms with Crippen LogP contribution in [0.3, 0.4) is 0 Å². The maximum atomic E-state index is 12.9. The van der Waals surface area contributed by atoms with E-state index >= 15 is 0 Å². The Labute approximate surface area is 150 Å². The Balaban J connectivity index is 1.64. The number of hydrogen-bond acceptors (Lipinski definition) is 5. The molecule has 0 bridgehead atoms. The van der Waals surface area contributed by atoms with Crippen molar-refractivity contribution in [3.63, 3.8) is 0 Å². The fraction of sp³-hybridized carbons (Fsp3) is 0.500. The second-order valence-electron chi connectivity index (χ2n) is 6.82. The van der Waals surface area contributed by atoms with Crippen molar-refractivity contribution >= 4 is 17.5 Å². The van der Waals surface area contributed by atoms with Crippen molar-refractivity contribution in [1.29, 1.82) is 0 Å². The van der Waals surface area contributed by atoms with E-state index in [9.17, 15) is 4.79 Å². The summed E-state index contributed by atoms with van der Waals surface area (Å²) in [4.78, 5) is 17.5. The molecule has 25 heavy (non-hydrogen) atoms. The fourth-order valence-electron chi connectivity index (χ4n) is 3.16. The highest BCUT2D eigenvalue weighted by Crippen LogP contribution is 2.40. The summed E-state index contributed by atoms with van der Waals surface area (Å²) in [5, 5.41) is 7.68. The summed E-state index contributed by atoms with van der Waals surface area (Å²) in [7, 11) is 0. The van der Waals surface area contributed by atoms with Crippen LogP contribution in [0.25, 0.3) is 0 Å². The van der Waals surface area contributed by atoms with Gasteiger partial charge in [0.15, 0.2) is 5.82 Å². The van der Waals surface area contributed by atoms with Crippen molar-refractivity contribution in [1.82, 2.24) is 15.5 Å². The van der Waals surface area contributed by atoms with Crippen molar-refractivity contribution in [3.05, 3.63) is 46.1 Å². The molecular weight excluding hydrogens is 342 g/mol. The van der Waals surface area contributed by atoms with Crippen molar-refractivity contribution in [2.45, 2.75) is 44.1 Å². The molecule has 1 aromatic carbocycles. The number of aromatic nitrogens is 2. The van der Waals surface area contributed by atoms with Gasteiger partial charge in [-0.05, 0) is 31.4 Å². The van der Waals surface area contributed by atoms with Crippen molar-refractivity contribution in [3.8, 4) is 0 Å². The highest BCUT2D eigenvalue weighted by atomic mass is 35.5. The number of rotatable bonds is 4. The average Bonchev–Trinajstić information content (AvgIpc) is 3.34. The van der Waals surface area contributed by atoms with Gasteiger partial charge in [-0.1, -0.05) is 28.9 Å². The Morgan fingerprint density at radius 1 is 1.32 bits per heavy atom. The minimum Gasteiger partial charge on any atom is -0.381 e. The van der Waals surface area contributed by atoms with Gasteiger partial charge in [0.05, 0.1) is 10.6 Å². The summed E-state index contributed by atoms with van der Waals surface area (Å²) in [6.07, 6.45) is 3.38. The third kappa shape index (κ3) is 3.16. The van der Waals surface area contributed by atoms with Gasteiger partial charge in [-0.15, -0.1) is 0 Å². The van der Waals surface area contributed by atoms with Crippen LogP contribution in [0.2, 0.25) is 5.02 Å². The lowest BCUT2D eigenvalue weighted by Crippen LogP contribution is -2.49. The summed E-state index contributed by atoms with van der Waals surface area (Å²) in [5.41, 5.74) is 0.612. The number of hydrogen-bond donors (Lipinski definition) is 1. The third-order valence-electron chi connectivity index (χ3n) is 4.93. The van der Waals surface area contributed by atoms with E-state index in [0.29, 0.717) is 48.5 Å². The first kappa shape index (κ1) is 16.5. The molecule has 0 unspecified atom stereocenters. The first-order chi connectivity index (χ1) is 12.1. The maximum absolute atomic E-state index is 12.9. The summed E-state index contributed by atoms with van der Waals surface area (Å²) in [6, 6.07) is 5.43. The van der Waals surface area contributed by atoms with Crippen LogP contribution >= 0.6 is 11.6 Å². The molecular formula is C18H20ClN3O3. The zero-order valence-corrected chi connectivity index (χ0v) is 14.8. The molecule has 132 valence electrons. The zero-order valence-electron chi connectivity index (χ0n) is 14.0. The van der Waals surface area contributed by atoms with Crippen LogP contribution in [0.1, 0.15) is 59.2 Å². The van der Waals surface area contributed by atoms with Crippen LogP contribution in [-0.4, -0.2) is 29.3 Å². The number of carbonyl (C=O) groups excluding carboxylic acids is 1. The van der Waals surface area contributed by atoms with Gasteiger partial charge in [-0.3, -0.25) is 4.79 Å². The summed E-state index contributed by atoms with van der Waals surface area (Å²) < 4.78 is 11.0. The molecule has 2 heterocycles. The summed E-state index contributed by atoms with van der Waals surface area (Å²) in [6.45, 7) is 2.94. The Morgan fingerprint density at radius 2 is 2.08 bits per heavy atom. The number of amides is 1. The fourth-order valence-corrected chi connectivity index (χ4v) is 3.37. The predicted octanol–water partition coefficient (Wildman–Crippen LogP) is 3.34. The SMILES string of the molecule is Cc1cccc(C(=O)NC2(c3nc(C4CC4)no3)CCOCC2)c1Cl. The van der Waals surface area contributed by atoms with Crippen molar-refractivity contribution in [2.24, 2.45) is 0 Å². The average molecular weight is 362 g/mol. The van der Waals surface area contributed by atoms with Gasteiger partial charge < -0.3 is 14.6 Å². The lowest BCUT2D eigenvalue weighted by molar-refractivity contribution is 0.0222. The minimum absolute atomic E-state index is 0.234. The molecule has 1 saturated carbocycles. The number of ether oxygens (including phenoxy) is 1. The zero-order chi connectivity index (χ0) is 17.4. The number of aryl methyl sites for hydroxylation is 1. The largest absolute Gasteiger partial charge is 0.381 e. The van der Waals surface area contributed by atoms with Crippen molar-refractivity contribution < 1.29 is 14.1 Å². The van der Waals surface area contributed by atoms with Gasteiger partial charge in [0, 0.05) is 32.0 Å². The Hall–Kier alpha value is -1.92. The van der Waals surface area contributed by atoms with Crippen LogP contribution in [-0.2, 0) is 10.3 Å². The highest BCUT2D eigenvalue weighted by molar-refractivity contribution is 6.34. The van der Waals surface area contributed by atoms with Gasteiger partial charge in [0.25, 0.3) is 11.8 Å². The van der Waals surface area contributed by atoms with E-state index in [2.05, 4.69) is 15.5 Å². The normalized spacial score (nSPS) is 19.6. The molecule has 4 rings (SSSR count). The molecule has 0 radical (unpaired) electrons. The first-order valence-electron chi connectivity index (χ1n) is 8.58. The highest BCUT2D eigenvalue weighted by Gasteiger charge is 2.43. The number of nitrogens with one attached hydrogen (secondary N) is 1. The summed E-state index contributed by atoms with van der Waals surface area (Å²) in [5.74, 6) is 1.37. The van der Waals surface area contributed by atoms with Gasteiger partial charge in [0.2, 0.25) is 0 Å². The number of nitrogens with zero attached hydrogens (tertiary/aromatic N) is 2. The molecule has 1 saturated heterocycles. The predicted molar refractivity (Wildman–Crippen MR) is 91.7 cm³/mol. The number of carbonyl (C=O) groups is 1. The monoisotopic (exact) mass is 361 g/mol. The van der Waals surface area contributed by atoms with E-state index < -0.39 is 5.54 Å². The van der Waals surface area contributed by atoms with Crippen LogP contribution in [0.4, 0.5) is 0 Å². The van der Waals surface area contributed by atoms with Gasteiger partial charge in [0.1, 0.15) is 5.54 Å². The van der Waals surface area contributed by atoms with Gasteiger partial charge >= 0.3 is 0 Å². The van der Waals surface area contributed by atoms with Gasteiger partial charge in [-0.2, -0.15) is 4.98 Å². The second kappa shape index (κ2) is 6.42. The van der Waals surface area contributed by atoms with Crippen LogP contribution in [0.15, 0.2) is 22.7 Å². The Kier molecular flexibility index (Phi) is 4.25. The molecule has 0 spiro atoms. The molecule has 6 nitrogen and oxygen atoms in total. The smallest absolute Gasteiger partial charge is 0.253 e. The molecule has 1 amide bonds. The van der Waals surface area contributed by atoms with Crippen LogP contribution < -0.4 is 5.32 Å². The Morgan fingerprint density at radius 3 is 2.80 bits per heavy atom. The molecule has 7 heteroatoms. The summed E-state index contributed by atoms with van der Waals surface area (Å²) >= 11 is 6.31. The van der Waals surface area contributed by atoms with Crippen LogP contribution in [0.5, 0.6) is 0 Å². The lowest BCUT2D eigenvalue weighted by Gasteiger charge is -2.34. The molecule has 1 N–H and O–H groups in total. The molecule has 1 aromatic heterocycles. The molecule has 2 aromatic rings. The standard InChI is InChI=1S/C18H20ClN3O3/c1-11-3-2-4-13(14(11)19)16(23)21-18(7-9-24-10-8-18)17-20-15(22-25-17)12-5-6-12/h2-4,12H,5-10H2,1H3,(H,21,23). The number of benzene rings is 1. The molecule has 1 aliphatic heterocycles. The molecule has 2 fully saturated rings. The molecule has 0 atom stereocenters. The lowest BCUT2D eigenvalue weighted by atomic mass is 9.89. The minimum atomic E-state index is -0.706. The second-order valence-corrected chi connectivity index (χ2v) is 7.20. The van der Waals surface area contributed by atoms with E-state index in [1.165, 1.54) is 0 Å². The molecule has 1 aliphatic carbocycles. The number of halogens is 1. The Bertz CT molecular complexity index is 795. The van der Waals surface area contributed by atoms with Gasteiger partial charge in [-0.25, -0.2) is 0 Å². The van der Waals surface area contributed by atoms with E-state index in [4.69, 9.17) is 20.9 Å². The first-order valence-corrected chi connectivity index (χ1v) is 8.96. The third-order valence-corrected chi connectivity index (χ3v) is 5.43. The molecule has 2 aliphatic rings. The topological polar surface area (TPSA) is 77.3 Å². The van der Waals surface area contributed by atoms with E-state index in [1.54, 1.807) is 6.07 Å². The van der Waals surface area contributed by atoms with E-state index in [-0.39, 0.29) is 5.91 Å². The van der Waals surface area contributed by atoms with E-state index in [1.807, 2.05) is 19.1 Å². The van der Waals surface area contributed by atoms with Crippen molar-refractivity contribution in [2.75, 3.05) is 13.2 Å². The quantitative estimate of drug-likeness (QED) is 0.903. The van der Waals surface area contributed by atoms with Crippen LogP contribution in [0, 0.1) is 6.92 Å². The van der Waals surface area contributed by atoms with E-state index in [0.717, 1.165) is 24.2 Å². The maximum Gasteiger partial charge on any atom is 0.253 e.